The number of para-hydroxylation sites is 1. The highest BCUT2D eigenvalue weighted by Crippen LogP contribution is 2.33. The molecule has 0 saturated carbocycles. The van der Waals surface area contributed by atoms with Crippen LogP contribution in [-0.4, -0.2) is 25.5 Å². The first-order valence-electron chi connectivity index (χ1n) is 8.16. The van der Waals surface area contributed by atoms with Crippen molar-refractivity contribution >= 4 is 23.2 Å². The number of methoxy groups -OCH3 is 1. The van der Waals surface area contributed by atoms with Crippen molar-refractivity contribution in [1.82, 2.24) is 0 Å². The number of amides is 2. The highest BCUT2D eigenvalue weighted by Gasteiger charge is 2.20. The Balaban J connectivity index is 2.16. The van der Waals surface area contributed by atoms with E-state index in [2.05, 4.69) is 15.4 Å². The number of anilines is 2. The number of benzene rings is 2. The van der Waals surface area contributed by atoms with Crippen LogP contribution in [0.3, 0.4) is 0 Å². The van der Waals surface area contributed by atoms with Crippen molar-refractivity contribution in [3.8, 4) is 11.5 Å². The van der Waals surface area contributed by atoms with Gasteiger partial charge in [-0.15, -0.1) is 0 Å². The first-order valence-corrected chi connectivity index (χ1v) is 8.16. The van der Waals surface area contributed by atoms with Crippen LogP contribution in [0.5, 0.6) is 11.5 Å². The van der Waals surface area contributed by atoms with Gasteiger partial charge < -0.3 is 20.1 Å². The SMILES string of the molecule is COc1cccc(C(=O)Nc2ccc(NC(=O)C(C)C)cc2)c1OC(F)F. The average Bonchev–Trinajstić information content (AvgIpc) is 2.62. The molecule has 2 aromatic carbocycles. The number of ether oxygens (including phenoxy) is 2. The van der Waals surface area contributed by atoms with Crippen molar-refractivity contribution in [2.24, 2.45) is 5.92 Å². The average molecular weight is 378 g/mol. The van der Waals surface area contributed by atoms with Crippen LogP contribution in [-0.2, 0) is 4.79 Å². The standard InChI is InChI=1S/C19H20F2N2O4/c1-11(2)17(24)22-12-7-9-13(10-8-12)23-18(25)14-5-4-6-15(26-3)16(14)27-19(20)21/h4-11,19H,1-3H3,(H,22,24)(H,23,25). The second kappa shape index (κ2) is 8.98. The summed E-state index contributed by atoms with van der Waals surface area (Å²) in [5.41, 5.74) is 0.912. The molecule has 0 aliphatic carbocycles. The molecule has 0 heterocycles. The Morgan fingerprint density at radius 1 is 0.963 bits per heavy atom. The van der Waals surface area contributed by atoms with Gasteiger partial charge in [-0.05, 0) is 36.4 Å². The minimum atomic E-state index is -3.10. The zero-order valence-corrected chi connectivity index (χ0v) is 15.1. The number of rotatable bonds is 7. The molecular formula is C19H20F2N2O4. The van der Waals surface area contributed by atoms with Crippen molar-refractivity contribution < 1.29 is 27.8 Å². The molecule has 2 rings (SSSR count). The summed E-state index contributed by atoms with van der Waals surface area (Å²) in [7, 11) is 1.29. The molecule has 2 N–H and O–H groups in total. The molecule has 2 amide bonds. The Morgan fingerprint density at radius 2 is 1.56 bits per heavy atom. The molecule has 144 valence electrons. The van der Waals surface area contributed by atoms with Crippen LogP contribution < -0.4 is 20.1 Å². The molecule has 27 heavy (non-hydrogen) atoms. The quantitative estimate of drug-likeness (QED) is 0.759. The van der Waals surface area contributed by atoms with Crippen LogP contribution in [0.15, 0.2) is 42.5 Å². The number of carbonyl (C=O) groups excluding carboxylic acids is 2. The highest BCUT2D eigenvalue weighted by molar-refractivity contribution is 6.06. The summed E-state index contributed by atoms with van der Waals surface area (Å²) < 4.78 is 34.8. The predicted octanol–water partition coefficient (Wildman–Crippen LogP) is 4.14. The Hall–Kier alpha value is -3.16. The Bertz CT molecular complexity index is 808. The third kappa shape index (κ3) is 5.40. The molecule has 0 aliphatic rings. The van der Waals surface area contributed by atoms with Crippen LogP contribution in [0.4, 0.5) is 20.2 Å². The lowest BCUT2D eigenvalue weighted by atomic mass is 10.1. The van der Waals surface area contributed by atoms with Gasteiger partial charge in [-0.1, -0.05) is 19.9 Å². The van der Waals surface area contributed by atoms with E-state index in [1.165, 1.54) is 25.3 Å². The van der Waals surface area contributed by atoms with Gasteiger partial charge in [-0.2, -0.15) is 8.78 Å². The Kier molecular flexibility index (Phi) is 6.70. The number of halogens is 2. The smallest absolute Gasteiger partial charge is 0.387 e. The minimum absolute atomic E-state index is 0.0229. The van der Waals surface area contributed by atoms with E-state index in [-0.39, 0.29) is 28.9 Å². The van der Waals surface area contributed by atoms with Gasteiger partial charge in [0.05, 0.1) is 12.7 Å². The van der Waals surface area contributed by atoms with E-state index in [1.54, 1.807) is 38.1 Å². The monoisotopic (exact) mass is 378 g/mol. The molecular weight excluding hydrogens is 358 g/mol. The van der Waals surface area contributed by atoms with Gasteiger partial charge in [-0.25, -0.2) is 0 Å². The van der Waals surface area contributed by atoms with E-state index in [0.717, 1.165) is 0 Å². The first-order chi connectivity index (χ1) is 12.8. The normalized spacial score (nSPS) is 10.6. The molecule has 0 aliphatic heterocycles. The number of hydrogen-bond donors (Lipinski definition) is 2. The topological polar surface area (TPSA) is 76.7 Å². The molecule has 0 atom stereocenters. The van der Waals surface area contributed by atoms with E-state index < -0.39 is 12.5 Å². The summed E-state index contributed by atoms with van der Waals surface area (Å²) in [6.45, 7) is 0.450. The van der Waals surface area contributed by atoms with Gasteiger partial charge >= 0.3 is 6.61 Å². The fourth-order valence-electron chi connectivity index (χ4n) is 2.19. The molecule has 0 radical (unpaired) electrons. The van der Waals surface area contributed by atoms with E-state index in [9.17, 15) is 18.4 Å². The fraction of sp³-hybridized carbons (Fsp3) is 0.263. The summed E-state index contributed by atoms with van der Waals surface area (Å²) in [6, 6.07) is 10.7. The summed E-state index contributed by atoms with van der Waals surface area (Å²) >= 11 is 0. The largest absolute Gasteiger partial charge is 0.493 e. The zero-order valence-electron chi connectivity index (χ0n) is 15.1. The number of alkyl halides is 2. The third-order valence-corrected chi connectivity index (χ3v) is 3.59. The van der Waals surface area contributed by atoms with E-state index >= 15 is 0 Å². The second-order valence-electron chi connectivity index (χ2n) is 5.89. The van der Waals surface area contributed by atoms with Gasteiger partial charge in [0, 0.05) is 17.3 Å². The third-order valence-electron chi connectivity index (χ3n) is 3.59. The van der Waals surface area contributed by atoms with Crippen molar-refractivity contribution in [3.63, 3.8) is 0 Å². The summed E-state index contributed by atoms with van der Waals surface area (Å²) in [6.07, 6.45) is 0. The molecule has 2 aromatic rings. The first kappa shape index (κ1) is 20.2. The molecule has 0 aromatic heterocycles. The predicted molar refractivity (Wildman–Crippen MR) is 97.5 cm³/mol. The molecule has 0 spiro atoms. The van der Waals surface area contributed by atoms with Crippen LogP contribution in [0, 0.1) is 5.92 Å². The Morgan fingerprint density at radius 3 is 2.07 bits per heavy atom. The molecule has 0 fully saturated rings. The van der Waals surface area contributed by atoms with Crippen molar-refractivity contribution in [2.75, 3.05) is 17.7 Å². The molecule has 0 saturated heterocycles. The van der Waals surface area contributed by atoms with Gasteiger partial charge in [0.2, 0.25) is 5.91 Å². The molecule has 0 bridgehead atoms. The zero-order chi connectivity index (χ0) is 20.0. The maximum absolute atomic E-state index is 12.7. The molecule has 0 unspecified atom stereocenters. The van der Waals surface area contributed by atoms with Gasteiger partial charge in [0.25, 0.3) is 5.91 Å². The molecule has 8 heteroatoms. The summed E-state index contributed by atoms with van der Waals surface area (Å²) in [5.74, 6) is -1.24. The fourth-order valence-corrected chi connectivity index (χ4v) is 2.19. The van der Waals surface area contributed by atoms with Crippen molar-refractivity contribution in [2.45, 2.75) is 20.5 Å². The van der Waals surface area contributed by atoms with Crippen LogP contribution in [0.2, 0.25) is 0 Å². The van der Waals surface area contributed by atoms with Gasteiger partial charge in [0.1, 0.15) is 0 Å². The number of carbonyl (C=O) groups is 2. The lowest BCUT2D eigenvalue weighted by molar-refractivity contribution is -0.118. The van der Waals surface area contributed by atoms with E-state index in [4.69, 9.17) is 4.74 Å². The van der Waals surface area contributed by atoms with Crippen LogP contribution in [0.25, 0.3) is 0 Å². The molecule has 6 nitrogen and oxygen atoms in total. The lowest BCUT2D eigenvalue weighted by Crippen LogP contribution is -2.18. The van der Waals surface area contributed by atoms with Gasteiger partial charge in [0.15, 0.2) is 11.5 Å². The highest BCUT2D eigenvalue weighted by atomic mass is 19.3. The number of nitrogens with one attached hydrogen (secondary N) is 2. The van der Waals surface area contributed by atoms with Crippen molar-refractivity contribution in [3.05, 3.63) is 48.0 Å². The maximum Gasteiger partial charge on any atom is 0.387 e. The maximum atomic E-state index is 12.7. The van der Waals surface area contributed by atoms with Crippen LogP contribution >= 0.6 is 0 Å². The van der Waals surface area contributed by atoms with Crippen molar-refractivity contribution in [1.29, 1.82) is 0 Å². The number of hydrogen-bond acceptors (Lipinski definition) is 4. The summed E-state index contributed by atoms with van der Waals surface area (Å²) in [4.78, 5) is 24.2. The van der Waals surface area contributed by atoms with Crippen LogP contribution in [0.1, 0.15) is 24.2 Å². The minimum Gasteiger partial charge on any atom is -0.493 e. The summed E-state index contributed by atoms with van der Waals surface area (Å²) in [5, 5.41) is 5.32. The second-order valence-corrected chi connectivity index (χ2v) is 5.89. The van der Waals surface area contributed by atoms with Gasteiger partial charge in [-0.3, -0.25) is 9.59 Å². The van der Waals surface area contributed by atoms with E-state index in [1.807, 2.05) is 0 Å². The Labute approximate surface area is 155 Å². The lowest BCUT2D eigenvalue weighted by Gasteiger charge is -2.14. The van der Waals surface area contributed by atoms with E-state index in [0.29, 0.717) is 11.4 Å².